The third-order valence-corrected chi connectivity index (χ3v) is 4.69. The number of aromatic nitrogens is 2. The molecule has 1 aliphatic rings. The highest BCUT2D eigenvalue weighted by molar-refractivity contribution is 6.22. The Hall–Kier alpha value is -2.93. The van der Waals surface area contributed by atoms with Gasteiger partial charge in [-0.05, 0) is 43.8 Å². The molecular weight excluding hydrogens is 340 g/mol. The SMILES string of the molecule is CCN(CC)CCNc1nn2ccccc2c1N=C1C=C(C)C(=O)C=C1N. The van der Waals surface area contributed by atoms with E-state index in [0.29, 0.717) is 22.8 Å². The topological polar surface area (TPSA) is 88.0 Å². The molecule has 0 spiro atoms. The van der Waals surface area contributed by atoms with Crippen molar-refractivity contribution < 1.29 is 4.79 Å². The minimum Gasteiger partial charge on any atom is -0.397 e. The van der Waals surface area contributed by atoms with Crippen LogP contribution in [0.5, 0.6) is 0 Å². The van der Waals surface area contributed by atoms with E-state index in [1.807, 2.05) is 24.4 Å². The first-order chi connectivity index (χ1) is 13.0. The number of hydrogen-bond acceptors (Lipinski definition) is 6. The Labute approximate surface area is 159 Å². The van der Waals surface area contributed by atoms with Crippen LogP contribution >= 0.6 is 0 Å². The predicted octanol–water partition coefficient (Wildman–Crippen LogP) is 2.53. The Morgan fingerprint density at radius 1 is 1.26 bits per heavy atom. The molecule has 2 aromatic rings. The standard InChI is InChI=1S/C20H26N6O/c1-4-25(5-2)11-9-22-20-19(17-8-6-7-10-26(17)24-20)23-16-12-14(3)18(27)13-15(16)21/h6-8,10,12-13H,4-5,9,11,21H2,1-3H3,(H,22,24). The smallest absolute Gasteiger partial charge is 0.183 e. The number of allylic oxidation sites excluding steroid dienone is 3. The molecule has 0 aliphatic heterocycles. The first-order valence-electron chi connectivity index (χ1n) is 9.26. The van der Waals surface area contributed by atoms with Gasteiger partial charge in [0.15, 0.2) is 11.6 Å². The quantitative estimate of drug-likeness (QED) is 0.735. The lowest BCUT2D eigenvalue weighted by molar-refractivity contribution is -0.111. The van der Waals surface area contributed by atoms with Gasteiger partial charge < -0.3 is 16.0 Å². The molecule has 0 radical (unpaired) electrons. The number of hydrogen-bond donors (Lipinski definition) is 2. The summed E-state index contributed by atoms with van der Waals surface area (Å²) >= 11 is 0. The Morgan fingerprint density at radius 3 is 2.78 bits per heavy atom. The van der Waals surface area contributed by atoms with Crippen LogP contribution in [0.1, 0.15) is 20.8 Å². The lowest BCUT2D eigenvalue weighted by Crippen LogP contribution is -2.28. The van der Waals surface area contributed by atoms with Gasteiger partial charge in [0.05, 0.1) is 16.9 Å². The number of aliphatic imine (C=N–C) groups is 1. The summed E-state index contributed by atoms with van der Waals surface area (Å²) in [6.45, 7) is 9.78. The molecule has 0 saturated heterocycles. The van der Waals surface area contributed by atoms with Gasteiger partial charge >= 0.3 is 0 Å². The summed E-state index contributed by atoms with van der Waals surface area (Å²) in [7, 11) is 0. The number of carbonyl (C=O) groups is 1. The predicted molar refractivity (Wildman–Crippen MR) is 110 cm³/mol. The van der Waals surface area contributed by atoms with Crippen molar-refractivity contribution in [2.45, 2.75) is 20.8 Å². The molecule has 142 valence electrons. The highest BCUT2D eigenvalue weighted by atomic mass is 16.1. The fourth-order valence-corrected chi connectivity index (χ4v) is 2.99. The van der Waals surface area contributed by atoms with Crippen LogP contribution in [-0.2, 0) is 4.79 Å². The number of rotatable bonds is 7. The highest BCUT2D eigenvalue weighted by Gasteiger charge is 2.17. The van der Waals surface area contributed by atoms with E-state index in [4.69, 9.17) is 10.7 Å². The summed E-state index contributed by atoms with van der Waals surface area (Å²) in [6, 6.07) is 5.84. The van der Waals surface area contributed by atoms with Crippen LogP contribution in [0.15, 0.2) is 52.8 Å². The maximum atomic E-state index is 11.8. The van der Waals surface area contributed by atoms with Crippen LogP contribution in [0.4, 0.5) is 11.5 Å². The van der Waals surface area contributed by atoms with Gasteiger partial charge in [-0.3, -0.25) is 4.79 Å². The molecule has 0 aromatic carbocycles. The number of fused-ring (bicyclic) bond motifs is 1. The Morgan fingerprint density at radius 2 is 2.04 bits per heavy atom. The number of nitrogens with two attached hydrogens (primary N) is 1. The van der Waals surface area contributed by atoms with Crippen molar-refractivity contribution in [3.63, 3.8) is 0 Å². The highest BCUT2D eigenvalue weighted by Crippen LogP contribution is 2.30. The van der Waals surface area contributed by atoms with Gasteiger partial charge in [-0.2, -0.15) is 0 Å². The van der Waals surface area contributed by atoms with E-state index in [0.717, 1.165) is 37.4 Å². The number of nitrogens with zero attached hydrogens (tertiary/aromatic N) is 4. The van der Waals surface area contributed by atoms with E-state index in [-0.39, 0.29) is 5.78 Å². The monoisotopic (exact) mass is 366 g/mol. The molecule has 0 amide bonds. The average Bonchev–Trinajstić information content (AvgIpc) is 3.01. The maximum absolute atomic E-state index is 11.8. The molecule has 27 heavy (non-hydrogen) atoms. The van der Waals surface area contributed by atoms with Crippen molar-refractivity contribution in [1.29, 1.82) is 0 Å². The Bertz CT molecular complexity index is 933. The number of ketones is 1. The number of likely N-dealkylation sites (N-methyl/N-ethyl adjacent to an activating group) is 1. The normalized spacial score (nSPS) is 16.1. The molecule has 2 aromatic heterocycles. The molecule has 3 N–H and O–H groups in total. The zero-order chi connectivity index (χ0) is 19.4. The van der Waals surface area contributed by atoms with E-state index in [9.17, 15) is 4.79 Å². The largest absolute Gasteiger partial charge is 0.397 e. The summed E-state index contributed by atoms with van der Waals surface area (Å²) in [5.74, 6) is 0.625. The summed E-state index contributed by atoms with van der Waals surface area (Å²) in [6.07, 6.45) is 5.04. The van der Waals surface area contributed by atoms with Gasteiger partial charge in [0.2, 0.25) is 0 Å². The number of pyridine rings is 1. The molecule has 7 nitrogen and oxygen atoms in total. The molecule has 0 unspecified atom stereocenters. The Balaban J connectivity index is 1.95. The van der Waals surface area contributed by atoms with Gasteiger partial charge in [-0.1, -0.05) is 19.9 Å². The maximum Gasteiger partial charge on any atom is 0.183 e. The first kappa shape index (κ1) is 18.8. The van der Waals surface area contributed by atoms with Crippen LogP contribution in [0, 0.1) is 0 Å². The fourth-order valence-electron chi connectivity index (χ4n) is 2.99. The number of anilines is 1. The summed E-state index contributed by atoms with van der Waals surface area (Å²) < 4.78 is 1.80. The third kappa shape index (κ3) is 4.09. The van der Waals surface area contributed by atoms with Crippen LogP contribution in [0.3, 0.4) is 0 Å². The van der Waals surface area contributed by atoms with Crippen molar-refractivity contribution in [3.05, 3.63) is 47.8 Å². The molecule has 7 heteroatoms. The molecule has 2 heterocycles. The molecule has 0 atom stereocenters. The second-order valence-corrected chi connectivity index (χ2v) is 6.47. The fraction of sp³-hybridized carbons (Fsp3) is 0.350. The van der Waals surface area contributed by atoms with E-state index in [1.54, 1.807) is 17.5 Å². The lowest BCUT2D eigenvalue weighted by Gasteiger charge is -2.18. The lowest BCUT2D eigenvalue weighted by atomic mass is 10.0. The van der Waals surface area contributed by atoms with Gasteiger partial charge in [0.25, 0.3) is 0 Å². The van der Waals surface area contributed by atoms with Crippen molar-refractivity contribution in [2.24, 2.45) is 10.7 Å². The zero-order valence-corrected chi connectivity index (χ0v) is 16.1. The van der Waals surface area contributed by atoms with Gasteiger partial charge in [-0.25, -0.2) is 9.51 Å². The summed E-state index contributed by atoms with van der Waals surface area (Å²) in [4.78, 5) is 18.9. The molecular formula is C20H26N6O. The molecule has 0 bridgehead atoms. The Kier molecular flexibility index (Phi) is 5.71. The zero-order valence-electron chi connectivity index (χ0n) is 16.1. The van der Waals surface area contributed by atoms with Crippen molar-refractivity contribution in [3.8, 4) is 0 Å². The summed E-state index contributed by atoms with van der Waals surface area (Å²) in [5.41, 5.74) is 9.20. The van der Waals surface area contributed by atoms with Gasteiger partial charge in [0.1, 0.15) is 5.69 Å². The van der Waals surface area contributed by atoms with E-state index >= 15 is 0 Å². The van der Waals surface area contributed by atoms with Crippen LogP contribution in [0.25, 0.3) is 5.52 Å². The van der Waals surface area contributed by atoms with Gasteiger partial charge in [0, 0.05) is 25.4 Å². The molecule has 3 rings (SSSR count). The van der Waals surface area contributed by atoms with E-state index < -0.39 is 0 Å². The van der Waals surface area contributed by atoms with Crippen molar-refractivity contribution >= 4 is 28.5 Å². The minimum absolute atomic E-state index is 0.0797. The summed E-state index contributed by atoms with van der Waals surface area (Å²) in [5, 5.41) is 8.02. The third-order valence-electron chi connectivity index (χ3n) is 4.69. The second kappa shape index (κ2) is 8.18. The minimum atomic E-state index is -0.0797. The average molecular weight is 366 g/mol. The molecule has 0 saturated carbocycles. The second-order valence-electron chi connectivity index (χ2n) is 6.47. The van der Waals surface area contributed by atoms with Crippen LogP contribution in [0.2, 0.25) is 0 Å². The van der Waals surface area contributed by atoms with Crippen molar-refractivity contribution in [1.82, 2.24) is 14.5 Å². The van der Waals surface area contributed by atoms with Gasteiger partial charge in [-0.15, -0.1) is 5.10 Å². The van der Waals surface area contributed by atoms with E-state index in [2.05, 4.69) is 29.2 Å². The number of nitrogens with one attached hydrogen (secondary N) is 1. The van der Waals surface area contributed by atoms with Crippen molar-refractivity contribution in [2.75, 3.05) is 31.5 Å². The van der Waals surface area contributed by atoms with E-state index in [1.165, 1.54) is 6.08 Å². The number of carbonyl (C=O) groups excluding carboxylic acids is 1. The van der Waals surface area contributed by atoms with Crippen LogP contribution in [-0.4, -0.2) is 52.2 Å². The van der Waals surface area contributed by atoms with Crippen LogP contribution < -0.4 is 11.1 Å². The molecule has 0 fully saturated rings. The first-order valence-corrected chi connectivity index (χ1v) is 9.26. The molecule has 1 aliphatic carbocycles.